The molecule has 0 saturated heterocycles. The maximum Gasteiger partial charge on any atom is 0.339 e. The molecule has 2 aromatic rings. The normalized spacial score (nSPS) is 10.5. The zero-order valence-electron chi connectivity index (χ0n) is 7.86. The fourth-order valence-corrected chi connectivity index (χ4v) is 1.86. The average molecular weight is 226 g/mol. The standard InChI is InChI=1S/C9H7FN2O2S/c1-2-14-9(13)6-3-5(10)4-7-8(6)15-12-11-7/h3-4H,2H2,1H3. The van der Waals surface area contributed by atoms with Crippen LogP contribution < -0.4 is 0 Å². The van der Waals surface area contributed by atoms with Crippen LogP contribution >= 0.6 is 11.5 Å². The number of hydrogen-bond acceptors (Lipinski definition) is 5. The van der Waals surface area contributed by atoms with Gasteiger partial charge in [0.25, 0.3) is 0 Å². The van der Waals surface area contributed by atoms with E-state index < -0.39 is 11.8 Å². The molecular weight excluding hydrogens is 219 g/mol. The molecule has 2 rings (SSSR count). The lowest BCUT2D eigenvalue weighted by atomic mass is 10.2. The molecule has 0 N–H and O–H groups in total. The largest absolute Gasteiger partial charge is 0.462 e. The van der Waals surface area contributed by atoms with Gasteiger partial charge in [-0.1, -0.05) is 4.49 Å². The van der Waals surface area contributed by atoms with Crippen LogP contribution in [-0.4, -0.2) is 22.2 Å². The van der Waals surface area contributed by atoms with E-state index in [0.717, 1.165) is 17.6 Å². The molecule has 1 aromatic heterocycles. The lowest BCUT2D eigenvalue weighted by Gasteiger charge is -2.01. The summed E-state index contributed by atoms with van der Waals surface area (Å²) in [6.07, 6.45) is 0. The molecule has 15 heavy (non-hydrogen) atoms. The van der Waals surface area contributed by atoms with Gasteiger partial charge in [-0.15, -0.1) is 5.10 Å². The molecule has 0 spiro atoms. The first-order chi connectivity index (χ1) is 7.22. The summed E-state index contributed by atoms with van der Waals surface area (Å²) in [5.41, 5.74) is 0.560. The van der Waals surface area contributed by atoms with E-state index in [4.69, 9.17) is 4.74 Å². The summed E-state index contributed by atoms with van der Waals surface area (Å²) in [7, 11) is 0. The average Bonchev–Trinajstić information content (AvgIpc) is 2.64. The Hall–Kier alpha value is -1.56. The number of hydrogen-bond donors (Lipinski definition) is 0. The van der Waals surface area contributed by atoms with Crippen LogP contribution in [0.1, 0.15) is 17.3 Å². The highest BCUT2D eigenvalue weighted by Gasteiger charge is 2.15. The van der Waals surface area contributed by atoms with Crippen molar-refractivity contribution in [1.82, 2.24) is 9.59 Å². The van der Waals surface area contributed by atoms with Crippen LogP contribution in [0, 0.1) is 5.82 Å². The molecule has 0 unspecified atom stereocenters. The number of nitrogens with zero attached hydrogens (tertiary/aromatic N) is 2. The summed E-state index contributed by atoms with van der Waals surface area (Å²) in [5, 5.41) is 3.70. The summed E-state index contributed by atoms with van der Waals surface area (Å²) >= 11 is 1.05. The zero-order valence-corrected chi connectivity index (χ0v) is 8.68. The molecule has 4 nitrogen and oxygen atoms in total. The Morgan fingerprint density at radius 1 is 1.60 bits per heavy atom. The van der Waals surface area contributed by atoms with Gasteiger partial charge in [-0.3, -0.25) is 0 Å². The highest BCUT2D eigenvalue weighted by atomic mass is 32.1. The third-order valence-electron chi connectivity index (χ3n) is 1.81. The van der Waals surface area contributed by atoms with Crippen LogP contribution in [0.25, 0.3) is 10.2 Å². The van der Waals surface area contributed by atoms with Gasteiger partial charge in [-0.05, 0) is 24.5 Å². The molecule has 0 atom stereocenters. The van der Waals surface area contributed by atoms with E-state index in [9.17, 15) is 9.18 Å². The number of benzene rings is 1. The van der Waals surface area contributed by atoms with E-state index in [0.29, 0.717) is 10.2 Å². The quantitative estimate of drug-likeness (QED) is 0.735. The minimum atomic E-state index is -0.548. The van der Waals surface area contributed by atoms with Gasteiger partial charge in [0, 0.05) is 6.07 Å². The van der Waals surface area contributed by atoms with Crippen molar-refractivity contribution in [1.29, 1.82) is 0 Å². The van der Waals surface area contributed by atoms with Crippen molar-refractivity contribution in [2.24, 2.45) is 0 Å². The van der Waals surface area contributed by atoms with Gasteiger partial charge in [0.15, 0.2) is 0 Å². The molecule has 0 bridgehead atoms. The Kier molecular flexibility index (Phi) is 2.59. The summed E-state index contributed by atoms with van der Waals surface area (Å²) in [6.45, 7) is 1.95. The first-order valence-corrected chi connectivity index (χ1v) is 5.08. The summed E-state index contributed by atoms with van der Waals surface area (Å²) in [5.74, 6) is -1.06. The lowest BCUT2D eigenvalue weighted by Crippen LogP contribution is -2.05. The second kappa shape index (κ2) is 3.90. The highest BCUT2D eigenvalue weighted by molar-refractivity contribution is 7.13. The minimum Gasteiger partial charge on any atom is -0.462 e. The fourth-order valence-electron chi connectivity index (χ4n) is 1.22. The smallest absolute Gasteiger partial charge is 0.339 e. The molecule has 0 amide bonds. The second-order valence-corrected chi connectivity index (χ2v) is 3.55. The van der Waals surface area contributed by atoms with E-state index in [1.807, 2.05) is 0 Å². The Morgan fingerprint density at radius 2 is 2.40 bits per heavy atom. The molecule has 0 radical (unpaired) electrons. The molecular formula is C9H7FN2O2S. The van der Waals surface area contributed by atoms with E-state index in [1.54, 1.807) is 6.92 Å². The molecule has 1 heterocycles. The predicted molar refractivity (Wildman–Crippen MR) is 53.3 cm³/mol. The first kappa shape index (κ1) is 9.97. The summed E-state index contributed by atoms with van der Waals surface area (Å²) in [6, 6.07) is 2.38. The van der Waals surface area contributed by atoms with Crippen molar-refractivity contribution in [3.05, 3.63) is 23.5 Å². The summed E-state index contributed by atoms with van der Waals surface area (Å²) in [4.78, 5) is 11.5. The van der Waals surface area contributed by atoms with E-state index >= 15 is 0 Å². The number of fused-ring (bicyclic) bond motifs is 1. The van der Waals surface area contributed by atoms with Crippen molar-refractivity contribution in [3.8, 4) is 0 Å². The monoisotopic (exact) mass is 226 g/mol. The molecule has 0 aliphatic carbocycles. The Balaban J connectivity index is 2.57. The SMILES string of the molecule is CCOC(=O)c1cc(F)cc2nnsc12. The van der Waals surface area contributed by atoms with Crippen LogP contribution in [-0.2, 0) is 4.74 Å². The lowest BCUT2D eigenvalue weighted by molar-refractivity contribution is 0.0528. The molecule has 0 fully saturated rings. The Morgan fingerprint density at radius 3 is 3.13 bits per heavy atom. The number of carbonyl (C=O) groups excluding carboxylic acids is 1. The molecule has 0 aliphatic heterocycles. The van der Waals surface area contributed by atoms with E-state index in [1.165, 1.54) is 6.07 Å². The number of rotatable bonds is 2. The first-order valence-electron chi connectivity index (χ1n) is 4.31. The maximum absolute atomic E-state index is 13.1. The predicted octanol–water partition coefficient (Wildman–Crippen LogP) is 2.01. The van der Waals surface area contributed by atoms with Gasteiger partial charge >= 0.3 is 5.97 Å². The van der Waals surface area contributed by atoms with Gasteiger partial charge in [0.1, 0.15) is 11.3 Å². The van der Waals surface area contributed by atoms with Crippen molar-refractivity contribution >= 4 is 27.7 Å². The van der Waals surface area contributed by atoms with Crippen LogP contribution in [0.4, 0.5) is 4.39 Å². The summed E-state index contributed by atoms with van der Waals surface area (Å²) < 4.78 is 22.1. The van der Waals surface area contributed by atoms with Gasteiger partial charge in [0.2, 0.25) is 0 Å². The Bertz CT molecular complexity index is 512. The van der Waals surface area contributed by atoms with Crippen LogP contribution in [0.2, 0.25) is 0 Å². The van der Waals surface area contributed by atoms with Gasteiger partial charge < -0.3 is 4.74 Å². The number of carbonyl (C=O) groups is 1. The zero-order chi connectivity index (χ0) is 10.8. The van der Waals surface area contributed by atoms with E-state index in [2.05, 4.69) is 9.59 Å². The van der Waals surface area contributed by atoms with Crippen molar-refractivity contribution in [3.63, 3.8) is 0 Å². The van der Waals surface area contributed by atoms with E-state index in [-0.39, 0.29) is 12.2 Å². The van der Waals surface area contributed by atoms with Crippen LogP contribution in [0.5, 0.6) is 0 Å². The van der Waals surface area contributed by atoms with Gasteiger partial charge in [0.05, 0.1) is 16.9 Å². The molecule has 0 aliphatic rings. The number of ether oxygens (including phenoxy) is 1. The highest BCUT2D eigenvalue weighted by Crippen LogP contribution is 2.22. The van der Waals surface area contributed by atoms with Crippen molar-refractivity contribution < 1.29 is 13.9 Å². The molecule has 6 heteroatoms. The Labute approximate surface area is 88.8 Å². The minimum absolute atomic E-state index is 0.182. The maximum atomic E-state index is 13.1. The third kappa shape index (κ3) is 1.80. The van der Waals surface area contributed by atoms with Crippen LogP contribution in [0.15, 0.2) is 12.1 Å². The second-order valence-electron chi connectivity index (χ2n) is 2.80. The fraction of sp³-hybridized carbons (Fsp3) is 0.222. The molecule has 78 valence electrons. The number of esters is 1. The van der Waals surface area contributed by atoms with Crippen LogP contribution in [0.3, 0.4) is 0 Å². The van der Waals surface area contributed by atoms with Crippen molar-refractivity contribution in [2.75, 3.05) is 6.61 Å². The van der Waals surface area contributed by atoms with Crippen molar-refractivity contribution in [2.45, 2.75) is 6.92 Å². The number of aromatic nitrogens is 2. The van der Waals surface area contributed by atoms with Gasteiger partial charge in [-0.25, -0.2) is 9.18 Å². The van der Waals surface area contributed by atoms with Gasteiger partial charge in [-0.2, -0.15) is 0 Å². The topological polar surface area (TPSA) is 52.1 Å². The third-order valence-corrected chi connectivity index (χ3v) is 2.59. The number of halogens is 1. The molecule has 1 aromatic carbocycles. The molecule has 0 saturated carbocycles.